The lowest BCUT2D eigenvalue weighted by atomic mass is 10.2. The Morgan fingerprint density at radius 2 is 1.88 bits per heavy atom. The lowest BCUT2D eigenvalue weighted by molar-refractivity contribution is -0.384. The topological polar surface area (TPSA) is 105 Å². The molecule has 8 heteroatoms. The lowest BCUT2D eigenvalue weighted by Gasteiger charge is -2.18. The molecular weight excluding hydrogens is 336 g/mol. The molecule has 3 aromatic rings. The van der Waals surface area contributed by atoms with Gasteiger partial charge in [-0.05, 0) is 12.5 Å². The van der Waals surface area contributed by atoms with E-state index in [4.69, 9.17) is 15.2 Å². The SMILES string of the molecule is CC(N)c1nc2cc3c(cc2n1Cc1ccc([N+](=O)[O-])cc1)OCCO3. The molecule has 0 radical (unpaired) electrons. The zero-order valence-corrected chi connectivity index (χ0v) is 14.2. The maximum absolute atomic E-state index is 10.8. The van der Waals surface area contributed by atoms with Gasteiger partial charge in [-0.25, -0.2) is 4.98 Å². The first-order chi connectivity index (χ1) is 12.5. The number of nitro benzene ring substituents is 1. The number of imidazole rings is 1. The number of aromatic nitrogens is 2. The Balaban J connectivity index is 1.79. The Hall–Kier alpha value is -3.13. The second-order valence-corrected chi connectivity index (χ2v) is 6.25. The summed E-state index contributed by atoms with van der Waals surface area (Å²) in [6, 6.07) is 9.99. The molecule has 0 saturated heterocycles. The summed E-state index contributed by atoms with van der Waals surface area (Å²) in [6.07, 6.45) is 0. The second kappa shape index (κ2) is 6.30. The molecule has 0 aliphatic carbocycles. The van der Waals surface area contributed by atoms with Gasteiger partial charge in [0.15, 0.2) is 11.5 Å². The van der Waals surface area contributed by atoms with E-state index in [2.05, 4.69) is 4.98 Å². The molecule has 2 heterocycles. The predicted octanol–water partition coefficient (Wildman–Crippen LogP) is 2.78. The Morgan fingerprint density at radius 3 is 2.50 bits per heavy atom. The van der Waals surface area contributed by atoms with Crippen LogP contribution in [0.3, 0.4) is 0 Å². The summed E-state index contributed by atoms with van der Waals surface area (Å²) in [4.78, 5) is 15.1. The van der Waals surface area contributed by atoms with Crippen LogP contribution in [0, 0.1) is 10.1 Å². The molecule has 26 heavy (non-hydrogen) atoms. The molecule has 0 saturated carbocycles. The fraction of sp³-hybridized carbons (Fsp3) is 0.278. The number of non-ortho nitro benzene ring substituents is 1. The molecule has 4 rings (SSSR count). The Bertz CT molecular complexity index is 979. The molecule has 0 spiro atoms. The summed E-state index contributed by atoms with van der Waals surface area (Å²) >= 11 is 0. The van der Waals surface area contributed by atoms with Crippen LogP contribution in [0.5, 0.6) is 11.5 Å². The number of hydrogen-bond acceptors (Lipinski definition) is 6. The summed E-state index contributed by atoms with van der Waals surface area (Å²) in [5, 5.41) is 10.8. The first-order valence-electron chi connectivity index (χ1n) is 8.31. The maximum atomic E-state index is 10.8. The van der Waals surface area contributed by atoms with Crippen LogP contribution in [0.25, 0.3) is 11.0 Å². The fourth-order valence-electron chi connectivity index (χ4n) is 3.10. The molecule has 1 aliphatic rings. The number of rotatable bonds is 4. The monoisotopic (exact) mass is 354 g/mol. The molecule has 0 amide bonds. The summed E-state index contributed by atoms with van der Waals surface area (Å²) in [6.45, 7) is 3.41. The molecule has 1 aromatic heterocycles. The van der Waals surface area contributed by atoms with Gasteiger partial charge in [0.25, 0.3) is 5.69 Å². The molecule has 1 unspecified atom stereocenters. The van der Waals surface area contributed by atoms with Crippen LogP contribution in [0.15, 0.2) is 36.4 Å². The van der Waals surface area contributed by atoms with Crippen LogP contribution < -0.4 is 15.2 Å². The van der Waals surface area contributed by atoms with Gasteiger partial charge >= 0.3 is 0 Å². The molecule has 0 bridgehead atoms. The molecule has 1 aliphatic heterocycles. The van der Waals surface area contributed by atoms with E-state index in [-0.39, 0.29) is 11.7 Å². The zero-order valence-electron chi connectivity index (χ0n) is 14.2. The van der Waals surface area contributed by atoms with Crippen molar-refractivity contribution in [3.63, 3.8) is 0 Å². The van der Waals surface area contributed by atoms with Gasteiger partial charge in [-0.1, -0.05) is 12.1 Å². The Labute approximate surface area is 149 Å². The van der Waals surface area contributed by atoms with Crippen LogP contribution in [0.2, 0.25) is 0 Å². The first-order valence-corrected chi connectivity index (χ1v) is 8.31. The minimum atomic E-state index is -0.409. The van der Waals surface area contributed by atoms with Gasteiger partial charge in [0.05, 0.1) is 22.0 Å². The van der Waals surface area contributed by atoms with Gasteiger partial charge < -0.3 is 19.8 Å². The van der Waals surface area contributed by atoms with E-state index in [1.807, 2.05) is 23.6 Å². The summed E-state index contributed by atoms with van der Waals surface area (Å²) in [7, 11) is 0. The third kappa shape index (κ3) is 2.84. The zero-order chi connectivity index (χ0) is 18.3. The molecule has 2 N–H and O–H groups in total. The normalized spacial score (nSPS) is 14.4. The Kier molecular flexibility index (Phi) is 3.96. The minimum Gasteiger partial charge on any atom is -0.486 e. The summed E-state index contributed by atoms with van der Waals surface area (Å²) in [5.74, 6) is 2.10. The van der Waals surface area contributed by atoms with Crippen molar-refractivity contribution < 1.29 is 14.4 Å². The van der Waals surface area contributed by atoms with E-state index in [1.165, 1.54) is 12.1 Å². The van der Waals surface area contributed by atoms with Gasteiger partial charge in [0.1, 0.15) is 19.0 Å². The van der Waals surface area contributed by atoms with E-state index >= 15 is 0 Å². The molecule has 2 aromatic carbocycles. The van der Waals surface area contributed by atoms with Crippen LogP contribution in [-0.2, 0) is 6.54 Å². The van der Waals surface area contributed by atoms with Gasteiger partial charge in [0.2, 0.25) is 0 Å². The number of ether oxygens (including phenoxy) is 2. The van der Waals surface area contributed by atoms with E-state index < -0.39 is 4.92 Å². The highest BCUT2D eigenvalue weighted by Gasteiger charge is 2.20. The number of hydrogen-bond donors (Lipinski definition) is 1. The van der Waals surface area contributed by atoms with Crippen molar-refractivity contribution >= 4 is 16.7 Å². The van der Waals surface area contributed by atoms with Crippen LogP contribution >= 0.6 is 0 Å². The first kappa shape index (κ1) is 16.3. The largest absolute Gasteiger partial charge is 0.486 e. The third-order valence-corrected chi connectivity index (χ3v) is 4.34. The lowest BCUT2D eigenvalue weighted by Crippen LogP contribution is -2.15. The number of nitrogens with two attached hydrogens (primary N) is 1. The van der Waals surface area contributed by atoms with Crippen molar-refractivity contribution in [3.8, 4) is 11.5 Å². The molecule has 1 atom stereocenters. The standard InChI is InChI=1S/C18H18N4O4/c1-11(19)18-20-14-8-16-17(26-7-6-25-16)9-15(14)21(18)10-12-2-4-13(5-3-12)22(23)24/h2-5,8-9,11H,6-7,10,19H2,1H3. The molecule has 134 valence electrons. The van der Waals surface area contributed by atoms with Crippen molar-refractivity contribution in [2.75, 3.05) is 13.2 Å². The summed E-state index contributed by atoms with van der Waals surface area (Å²) in [5.41, 5.74) is 8.77. The number of nitrogens with zero attached hydrogens (tertiary/aromatic N) is 3. The Morgan fingerprint density at radius 1 is 1.23 bits per heavy atom. The highest BCUT2D eigenvalue weighted by atomic mass is 16.6. The average Bonchev–Trinajstić information content (AvgIpc) is 2.98. The third-order valence-electron chi connectivity index (χ3n) is 4.34. The summed E-state index contributed by atoms with van der Waals surface area (Å²) < 4.78 is 13.3. The van der Waals surface area contributed by atoms with Crippen molar-refractivity contribution in [3.05, 3.63) is 57.9 Å². The average molecular weight is 354 g/mol. The van der Waals surface area contributed by atoms with E-state index in [0.717, 1.165) is 22.4 Å². The minimum absolute atomic E-state index is 0.0660. The smallest absolute Gasteiger partial charge is 0.269 e. The number of benzene rings is 2. The maximum Gasteiger partial charge on any atom is 0.269 e. The van der Waals surface area contributed by atoms with Gasteiger partial charge in [0, 0.05) is 30.8 Å². The van der Waals surface area contributed by atoms with Crippen molar-refractivity contribution in [1.82, 2.24) is 9.55 Å². The predicted molar refractivity (Wildman–Crippen MR) is 95.5 cm³/mol. The second-order valence-electron chi connectivity index (χ2n) is 6.25. The number of fused-ring (bicyclic) bond motifs is 2. The van der Waals surface area contributed by atoms with Crippen molar-refractivity contribution in [2.24, 2.45) is 5.73 Å². The number of nitro groups is 1. The molecule has 0 fully saturated rings. The van der Waals surface area contributed by atoms with Crippen molar-refractivity contribution in [2.45, 2.75) is 19.5 Å². The highest BCUT2D eigenvalue weighted by Crippen LogP contribution is 2.35. The van der Waals surface area contributed by atoms with Crippen LogP contribution in [-0.4, -0.2) is 27.7 Å². The van der Waals surface area contributed by atoms with Gasteiger partial charge in [-0.2, -0.15) is 0 Å². The highest BCUT2D eigenvalue weighted by molar-refractivity contribution is 5.81. The van der Waals surface area contributed by atoms with Gasteiger partial charge in [-0.3, -0.25) is 10.1 Å². The van der Waals surface area contributed by atoms with Crippen molar-refractivity contribution in [1.29, 1.82) is 0 Å². The van der Waals surface area contributed by atoms with E-state index in [9.17, 15) is 10.1 Å². The van der Waals surface area contributed by atoms with Gasteiger partial charge in [-0.15, -0.1) is 0 Å². The van der Waals surface area contributed by atoms with E-state index in [1.54, 1.807) is 12.1 Å². The van der Waals surface area contributed by atoms with Crippen LogP contribution in [0.1, 0.15) is 24.4 Å². The van der Waals surface area contributed by atoms with E-state index in [0.29, 0.717) is 31.3 Å². The van der Waals surface area contributed by atoms with Crippen LogP contribution in [0.4, 0.5) is 5.69 Å². The quantitative estimate of drug-likeness (QED) is 0.570. The molecule has 8 nitrogen and oxygen atoms in total. The molecular formula is C18H18N4O4. The fourth-order valence-corrected chi connectivity index (χ4v) is 3.10.